The van der Waals surface area contributed by atoms with E-state index >= 15 is 0 Å². The van der Waals surface area contributed by atoms with Crippen LogP contribution in [0.1, 0.15) is 20.3 Å². The Morgan fingerprint density at radius 3 is 2.60 bits per heavy atom. The number of rotatable bonds is 3. The molecule has 1 saturated heterocycles. The van der Waals surface area contributed by atoms with Gasteiger partial charge in [0.25, 0.3) is 0 Å². The Morgan fingerprint density at radius 2 is 2.20 bits per heavy atom. The topological polar surface area (TPSA) is 72.8 Å². The molecule has 0 aromatic rings. The van der Waals surface area contributed by atoms with Crippen molar-refractivity contribution in [1.82, 2.24) is 10.2 Å². The molecule has 1 aliphatic rings. The predicted molar refractivity (Wildman–Crippen MR) is 56.3 cm³/mol. The van der Waals surface area contributed by atoms with Crippen LogP contribution in [0.5, 0.6) is 0 Å². The molecule has 2 atom stereocenters. The Labute approximate surface area is 90.1 Å². The molecule has 1 fully saturated rings. The number of amides is 1. The highest BCUT2D eigenvalue weighted by Gasteiger charge is 2.31. The van der Waals surface area contributed by atoms with Crippen LogP contribution in [-0.2, 0) is 4.79 Å². The van der Waals surface area contributed by atoms with Crippen molar-refractivity contribution in [2.75, 3.05) is 20.1 Å². The maximum Gasteiger partial charge on any atom is 0.239 e. The molecule has 0 radical (unpaired) electrons. The second-order valence-electron chi connectivity index (χ2n) is 4.86. The summed E-state index contributed by atoms with van der Waals surface area (Å²) in [6.07, 6.45) is 0.0177. The summed E-state index contributed by atoms with van der Waals surface area (Å²) in [5.74, 6) is -0.0753. The van der Waals surface area contributed by atoms with E-state index < -0.39 is 11.7 Å². The fourth-order valence-corrected chi connectivity index (χ4v) is 1.83. The summed E-state index contributed by atoms with van der Waals surface area (Å²) in [6, 6.07) is -0.313. The maximum absolute atomic E-state index is 11.8. The second-order valence-corrected chi connectivity index (χ2v) is 4.86. The van der Waals surface area contributed by atoms with Gasteiger partial charge in [0.15, 0.2) is 0 Å². The van der Waals surface area contributed by atoms with Gasteiger partial charge in [0.05, 0.1) is 17.7 Å². The Bertz CT molecular complexity index is 237. The summed E-state index contributed by atoms with van der Waals surface area (Å²) in [5.41, 5.74) is -0.887. The normalized spacial score (nSPS) is 26.7. The lowest BCUT2D eigenvalue weighted by molar-refractivity contribution is -0.134. The molecule has 0 aliphatic carbocycles. The van der Waals surface area contributed by atoms with Crippen molar-refractivity contribution < 1.29 is 15.0 Å². The summed E-state index contributed by atoms with van der Waals surface area (Å²) >= 11 is 0. The van der Waals surface area contributed by atoms with E-state index in [0.29, 0.717) is 19.5 Å². The van der Waals surface area contributed by atoms with E-state index in [1.165, 1.54) is 4.90 Å². The van der Waals surface area contributed by atoms with Crippen molar-refractivity contribution in [2.24, 2.45) is 0 Å². The van der Waals surface area contributed by atoms with E-state index in [2.05, 4.69) is 5.32 Å². The van der Waals surface area contributed by atoms with E-state index in [1.807, 2.05) is 0 Å². The van der Waals surface area contributed by atoms with Crippen LogP contribution in [0, 0.1) is 0 Å². The molecule has 0 bridgehead atoms. The molecule has 5 nitrogen and oxygen atoms in total. The van der Waals surface area contributed by atoms with E-state index in [1.54, 1.807) is 20.9 Å². The van der Waals surface area contributed by atoms with Crippen LogP contribution in [0.3, 0.4) is 0 Å². The zero-order chi connectivity index (χ0) is 11.6. The highest BCUT2D eigenvalue weighted by Crippen LogP contribution is 2.11. The van der Waals surface area contributed by atoms with Gasteiger partial charge < -0.3 is 20.4 Å². The van der Waals surface area contributed by atoms with Gasteiger partial charge in [-0.3, -0.25) is 4.79 Å². The van der Waals surface area contributed by atoms with Crippen molar-refractivity contribution in [2.45, 2.75) is 38.0 Å². The average molecular weight is 216 g/mol. The van der Waals surface area contributed by atoms with Crippen molar-refractivity contribution in [3.8, 4) is 0 Å². The molecule has 0 aromatic heterocycles. The van der Waals surface area contributed by atoms with Gasteiger partial charge >= 0.3 is 0 Å². The molecule has 88 valence electrons. The first-order valence-corrected chi connectivity index (χ1v) is 5.18. The van der Waals surface area contributed by atoms with Gasteiger partial charge in [-0.2, -0.15) is 0 Å². The first-order valence-electron chi connectivity index (χ1n) is 5.18. The minimum atomic E-state index is -0.887. The number of hydrogen-bond acceptors (Lipinski definition) is 4. The number of nitrogens with one attached hydrogen (secondary N) is 1. The lowest BCUT2D eigenvalue weighted by atomic mass is 10.1. The number of β-amino-alcohol motifs (C(OH)–C–C–N with tert-alkyl or cyclic N) is 1. The SMILES string of the molecule is CN(CC(C)(C)O)C(=O)C1CC(O)CN1. The molecular weight excluding hydrogens is 196 g/mol. The monoisotopic (exact) mass is 216 g/mol. The zero-order valence-corrected chi connectivity index (χ0v) is 9.53. The third-order valence-corrected chi connectivity index (χ3v) is 2.41. The summed E-state index contributed by atoms with van der Waals surface area (Å²) < 4.78 is 0. The van der Waals surface area contributed by atoms with E-state index in [4.69, 9.17) is 0 Å². The molecular formula is C10H20N2O3. The standard InChI is InChI=1S/C10H20N2O3/c1-10(2,15)6-12(3)9(14)8-4-7(13)5-11-8/h7-8,11,13,15H,4-6H2,1-3H3. The van der Waals surface area contributed by atoms with Gasteiger partial charge in [-0.05, 0) is 20.3 Å². The summed E-state index contributed by atoms with van der Waals surface area (Å²) in [6.45, 7) is 4.08. The first kappa shape index (κ1) is 12.4. The van der Waals surface area contributed by atoms with Gasteiger partial charge in [-0.25, -0.2) is 0 Å². The van der Waals surface area contributed by atoms with Crippen LogP contribution in [0.25, 0.3) is 0 Å². The van der Waals surface area contributed by atoms with Gasteiger partial charge in [0.1, 0.15) is 0 Å². The van der Waals surface area contributed by atoms with Crippen LogP contribution in [0.15, 0.2) is 0 Å². The molecule has 1 heterocycles. The summed E-state index contributed by atoms with van der Waals surface area (Å²) in [5, 5.41) is 21.8. The zero-order valence-electron chi connectivity index (χ0n) is 9.53. The predicted octanol–water partition coefficient (Wildman–Crippen LogP) is -1.06. The lowest BCUT2D eigenvalue weighted by Gasteiger charge is -2.27. The molecule has 0 saturated carbocycles. The van der Waals surface area contributed by atoms with E-state index in [-0.39, 0.29) is 11.9 Å². The van der Waals surface area contributed by atoms with Gasteiger partial charge in [0.2, 0.25) is 5.91 Å². The molecule has 0 spiro atoms. The second kappa shape index (κ2) is 4.47. The van der Waals surface area contributed by atoms with Crippen LogP contribution in [-0.4, -0.2) is 58.9 Å². The Hall–Kier alpha value is -0.650. The third-order valence-electron chi connectivity index (χ3n) is 2.41. The minimum Gasteiger partial charge on any atom is -0.392 e. The Morgan fingerprint density at radius 1 is 1.60 bits per heavy atom. The lowest BCUT2D eigenvalue weighted by Crippen LogP contribution is -2.46. The summed E-state index contributed by atoms with van der Waals surface area (Å²) in [7, 11) is 1.66. The van der Waals surface area contributed by atoms with Gasteiger partial charge in [0, 0.05) is 20.1 Å². The highest BCUT2D eigenvalue weighted by atomic mass is 16.3. The van der Waals surface area contributed by atoms with Crippen LogP contribution in [0.2, 0.25) is 0 Å². The molecule has 5 heteroatoms. The molecule has 15 heavy (non-hydrogen) atoms. The quantitative estimate of drug-likeness (QED) is 0.562. The fraction of sp³-hybridized carbons (Fsp3) is 0.900. The molecule has 1 amide bonds. The van der Waals surface area contributed by atoms with Crippen molar-refractivity contribution in [3.63, 3.8) is 0 Å². The molecule has 2 unspecified atom stereocenters. The average Bonchev–Trinajstić information content (AvgIpc) is 2.47. The smallest absolute Gasteiger partial charge is 0.239 e. The molecule has 0 aromatic carbocycles. The number of likely N-dealkylation sites (N-methyl/N-ethyl adjacent to an activating group) is 1. The maximum atomic E-state index is 11.8. The molecule has 1 aliphatic heterocycles. The number of hydrogen-bond donors (Lipinski definition) is 3. The van der Waals surface area contributed by atoms with Gasteiger partial charge in [-0.1, -0.05) is 0 Å². The Balaban J connectivity index is 2.46. The largest absolute Gasteiger partial charge is 0.392 e. The van der Waals surface area contributed by atoms with Crippen molar-refractivity contribution >= 4 is 5.91 Å². The number of aliphatic hydroxyl groups excluding tert-OH is 1. The summed E-state index contributed by atoms with van der Waals surface area (Å²) in [4.78, 5) is 13.3. The number of carbonyl (C=O) groups is 1. The van der Waals surface area contributed by atoms with E-state index in [0.717, 1.165) is 0 Å². The van der Waals surface area contributed by atoms with Crippen LogP contribution < -0.4 is 5.32 Å². The Kier molecular flexibility index (Phi) is 3.70. The molecule has 1 rings (SSSR count). The minimum absolute atomic E-state index is 0.0753. The van der Waals surface area contributed by atoms with E-state index in [9.17, 15) is 15.0 Å². The van der Waals surface area contributed by atoms with Crippen molar-refractivity contribution in [3.05, 3.63) is 0 Å². The first-order chi connectivity index (χ1) is 6.79. The van der Waals surface area contributed by atoms with Gasteiger partial charge in [-0.15, -0.1) is 0 Å². The van der Waals surface area contributed by atoms with Crippen molar-refractivity contribution in [1.29, 1.82) is 0 Å². The third kappa shape index (κ3) is 3.77. The number of aliphatic hydroxyl groups is 2. The molecule has 3 N–H and O–H groups in total. The fourth-order valence-electron chi connectivity index (χ4n) is 1.83. The number of carbonyl (C=O) groups excluding carboxylic acids is 1. The van der Waals surface area contributed by atoms with Crippen LogP contribution in [0.4, 0.5) is 0 Å². The highest BCUT2D eigenvalue weighted by molar-refractivity contribution is 5.82. The number of nitrogens with zero attached hydrogens (tertiary/aromatic N) is 1. The van der Waals surface area contributed by atoms with Crippen LogP contribution >= 0.6 is 0 Å².